The van der Waals surface area contributed by atoms with Crippen molar-refractivity contribution in [1.82, 2.24) is 9.78 Å². The molecule has 0 aliphatic carbocycles. The number of nitrogens with zero attached hydrogens (tertiary/aromatic N) is 2. The monoisotopic (exact) mass is 279 g/mol. The molecule has 2 N–H and O–H groups in total. The van der Waals surface area contributed by atoms with Crippen LogP contribution in [-0.4, -0.2) is 16.3 Å². The molecule has 2 rings (SSSR count). The van der Waals surface area contributed by atoms with Crippen molar-refractivity contribution >= 4 is 11.6 Å². The summed E-state index contributed by atoms with van der Waals surface area (Å²) in [5.74, 6) is 1.53. The van der Waals surface area contributed by atoms with Gasteiger partial charge in [0.25, 0.3) is 0 Å². The van der Waals surface area contributed by atoms with Crippen LogP contribution in [0.15, 0.2) is 18.2 Å². The van der Waals surface area contributed by atoms with E-state index in [0.717, 1.165) is 34.9 Å². The highest BCUT2D eigenvalue weighted by molar-refractivity contribution is 6.30. The maximum atomic E-state index is 5.99. The zero-order chi connectivity index (χ0) is 14.0. The minimum atomic E-state index is 0.572. The molecule has 1 heterocycles. The van der Waals surface area contributed by atoms with Crippen LogP contribution in [0, 0.1) is 13.8 Å². The Morgan fingerprint density at radius 2 is 2.11 bits per heavy atom. The van der Waals surface area contributed by atoms with Gasteiger partial charge in [-0.15, -0.1) is 0 Å². The summed E-state index contributed by atoms with van der Waals surface area (Å²) in [6.07, 6.45) is 0.752. The Kier molecular flexibility index (Phi) is 4.12. The van der Waals surface area contributed by atoms with Crippen molar-refractivity contribution in [2.45, 2.75) is 20.3 Å². The molecule has 0 unspecified atom stereocenters. The second kappa shape index (κ2) is 5.63. The number of nitrogens with two attached hydrogens (primary N) is 1. The summed E-state index contributed by atoms with van der Waals surface area (Å²) in [5, 5.41) is 5.09. The van der Waals surface area contributed by atoms with Crippen LogP contribution in [-0.2, 0) is 13.5 Å². The number of aryl methyl sites for hydroxylation is 3. The summed E-state index contributed by atoms with van der Waals surface area (Å²) in [5.41, 5.74) is 8.64. The molecule has 0 radical (unpaired) electrons. The lowest BCUT2D eigenvalue weighted by molar-refractivity contribution is 0.423. The Hall–Kier alpha value is -1.52. The maximum absolute atomic E-state index is 5.99. The van der Waals surface area contributed by atoms with Gasteiger partial charge in [-0.1, -0.05) is 11.6 Å². The summed E-state index contributed by atoms with van der Waals surface area (Å²) in [6.45, 7) is 4.50. The molecule has 0 amide bonds. The molecule has 102 valence electrons. The van der Waals surface area contributed by atoms with Crippen LogP contribution in [0.5, 0.6) is 11.6 Å². The molecule has 0 bridgehead atoms. The van der Waals surface area contributed by atoms with Gasteiger partial charge in [-0.25, -0.2) is 4.68 Å². The summed E-state index contributed by atoms with van der Waals surface area (Å²) >= 11 is 5.95. The van der Waals surface area contributed by atoms with Crippen LogP contribution in [0.3, 0.4) is 0 Å². The average molecular weight is 280 g/mol. The van der Waals surface area contributed by atoms with Gasteiger partial charge in [0.1, 0.15) is 5.75 Å². The number of halogens is 1. The topological polar surface area (TPSA) is 53.1 Å². The predicted molar refractivity (Wildman–Crippen MR) is 77.0 cm³/mol. The molecule has 1 aromatic heterocycles. The van der Waals surface area contributed by atoms with Crippen LogP contribution < -0.4 is 10.5 Å². The first kappa shape index (κ1) is 13.9. The van der Waals surface area contributed by atoms with Crippen molar-refractivity contribution in [1.29, 1.82) is 0 Å². The standard InChI is InChI=1S/C14H18ClN3O/c1-9-8-11(15)4-5-13(9)19-14-12(6-7-16)10(2)17-18(14)3/h4-5,8H,6-7,16H2,1-3H3. The normalized spacial score (nSPS) is 10.8. The summed E-state index contributed by atoms with van der Waals surface area (Å²) in [7, 11) is 1.87. The van der Waals surface area contributed by atoms with E-state index in [0.29, 0.717) is 11.6 Å². The molecule has 19 heavy (non-hydrogen) atoms. The molecule has 4 nitrogen and oxygen atoms in total. The largest absolute Gasteiger partial charge is 0.439 e. The third-order valence-corrected chi connectivity index (χ3v) is 3.26. The van der Waals surface area contributed by atoms with Gasteiger partial charge < -0.3 is 10.5 Å². The minimum absolute atomic E-state index is 0.572. The van der Waals surface area contributed by atoms with E-state index in [1.165, 1.54) is 0 Å². The maximum Gasteiger partial charge on any atom is 0.221 e. The molecule has 0 saturated carbocycles. The van der Waals surface area contributed by atoms with Crippen LogP contribution in [0.25, 0.3) is 0 Å². The van der Waals surface area contributed by atoms with E-state index >= 15 is 0 Å². The second-order valence-electron chi connectivity index (χ2n) is 4.54. The minimum Gasteiger partial charge on any atom is -0.439 e. The second-order valence-corrected chi connectivity index (χ2v) is 4.98. The van der Waals surface area contributed by atoms with Crippen LogP contribution in [0.2, 0.25) is 5.02 Å². The lowest BCUT2D eigenvalue weighted by atomic mass is 10.2. The van der Waals surface area contributed by atoms with Gasteiger partial charge in [0.15, 0.2) is 0 Å². The molecular weight excluding hydrogens is 262 g/mol. The van der Waals surface area contributed by atoms with Gasteiger partial charge in [0, 0.05) is 17.6 Å². The van der Waals surface area contributed by atoms with E-state index in [4.69, 9.17) is 22.1 Å². The highest BCUT2D eigenvalue weighted by atomic mass is 35.5. The number of hydrogen-bond donors (Lipinski definition) is 1. The van der Waals surface area contributed by atoms with Crippen LogP contribution in [0.4, 0.5) is 0 Å². The number of hydrogen-bond acceptors (Lipinski definition) is 3. The first-order valence-electron chi connectivity index (χ1n) is 6.19. The Morgan fingerprint density at radius 3 is 2.74 bits per heavy atom. The highest BCUT2D eigenvalue weighted by Crippen LogP contribution is 2.30. The van der Waals surface area contributed by atoms with Crippen molar-refractivity contribution in [3.05, 3.63) is 40.0 Å². The van der Waals surface area contributed by atoms with Crippen molar-refractivity contribution in [2.24, 2.45) is 12.8 Å². The first-order chi connectivity index (χ1) is 9.02. The molecule has 0 saturated heterocycles. The highest BCUT2D eigenvalue weighted by Gasteiger charge is 2.15. The van der Waals surface area contributed by atoms with Gasteiger partial charge in [-0.3, -0.25) is 0 Å². The number of aromatic nitrogens is 2. The molecule has 0 aliphatic heterocycles. The quantitative estimate of drug-likeness (QED) is 0.936. The Bertz CT molecular complexity index is 593. The molecular formula is C14H18ClN3O. The Labute approximate surface area is 118 Å². The molecule has 2 aromatic rings. The SMILES string of the molecule is Cc1cc(Cl)ccc1Oc1c(CCN)c(C)nn1C. The smallest absolute Gasteiger partial charge is 0.221 e. The fourth-order valence-corrected chi connectivity index (χ4v) is 2.30. The van der Waals surface area contributed by atoms with Gasteiger partial charge >= 0.3 is 0 Å². The lowest BCUT2D eigenvalue weighted by Gasteiger charge is -2.11. The van der Waals surface area contributed by atoms with Gasteiger partial charge in [-0.2, -0.15) is 5.10 Å². The van der Waals surface area contributed by atoms with Crippen molar-refractivity contribution in [2.75, 3.05) is 6.54 Å². The number of ether oxygens (including phenoxy) is 1. The van der Waals surface area contributed by atoms with Crippen molar-refractivity contribution in [3.63, 3.8) is 0 Å². The molecule has 5 heteroatoms. The Morgan fingerprint density at radius 1 is 1.37 bits per heavy atom. The zero-order valence-corrected chi connectivity index (χ0v) is 12.2. The van der Waals surface area contributed by atoms with Crippen molar-refractivity contribution < 1.29 is 4.74 Å². The molecule has 0 fully saturated rings. The van der Waals surface area contributed by atoms with E-state index < -0.39 is 0 Å². The van der Waals surface area contributed by atoms with Gasteiger partial charge in [-0.05, 0) is 50.6 Å². The number of rotatable bonds is 4. The third kappa shape index (κ3) is 2.91. The average Bonchev–Trinajstić information content (AvgIpc) is 2.60. The van der Waals surface area contributed by atoms with Crippen molar-refractivity contribution in [3.8, 4) is 11.6 Å². The first-order valence-corrected chi connectivity index (χ1v) is 6.57. The van der Waals surface area contributed by atoms with Crippen LogP contribution in [0.1, 0.15) is 16.8 Å². The van der Waals surface area contributed by atoms with E-state index in [1.807, 2.05) is 39.1 Å². The van der Waals surface area contributed by atoms with Gasteiger partial charge in [0.2, 0.25) is 5.88 Å². The fourth-order valence-electron chi connectivity index (χ4n) is 2.07. The fraction of sp³-hybridized carbons (Fsp3) is 0.357. The Balaban J connectivity index is 2.37. The summed E-state index contributed by atoms with van der Waals surface area (Å²) in [6, 6.07) is 5.56. The molecule has 0 atom stereocenters. The summed E-state index contributed by atoms with van der Waals surface area (Å²) < 4.78 is 7.73. The number of benzene rings is 1. The van der Waals surface area contributed by atoms with Crippen LogP contribution >= 0.6 is 11.6 Å². The third-order valence-electron chi connectivity index (χ3n) is 3.03. The summed E-state index contributed by atoms with van der Waals surface area (Å²) in [4.78, 5) is 0. The molecule has 0 spiro atoms. The van der Waals surface area contributed by atoms with E-state index in [1.54, 1.807) is 4.68 Å². The lowest BCUT2D eigenvalue weighted by Crippen LogP contribution is -2.05. The van der Waals surface area contributed by atoms with E-state index in [-0.39, 0.29) is 0 Å². The zero-order valence-electron chi connectivity index (χ0n) is 11.4. The predicted octanol–water partition coefficient (Wildman–Crippen LogP) is 2.98. The van der Waals surface area contributed by atoms with E-state index in [9.17, 15) is 0 Å². The molecule has 1 aromatic carbocycles. The molecule has 0 aliphatic rings. The van der Waals surface area contributed by atoms with E-state index in [2.05, 4.69) is 5.10 Å². The van der Waals surface area contributed by atoms with Gasteiger partial charge in [0.05, 0.1) is 5.69 Å².